The number of esters is 1. The maximum Gasteiger partial charge on any atom is 0.338 e. The second kappa shape index (κ2) is 5.27. The molecule has 2 unspecified atom stereocenters. The van der Waals surface area contributed by atoms with Gasteiger partial charge in [0.1, 0.15) is 0 Å². The van der Waals surface area contributed by atoms with Gasteiger partial charge in [0.05, 0.1) is 7.11 Å². The molecule has 1 saturated heterocycles. The first kappa shape index (κ1) is 12.9. The molecule has 0 radical (unpaired) electrons. The Labute approximate surface area is 94.3 Å². The van der Waals surface area contributed by atoms with Gasteiger partial charge < -0.3 is 20.5 Å². The maximum atomic E-state index is 11.2. The van der Waals surface area contributed by atoms with Crippen molar-refractivity contribution < 1.29 is 19.4 Å². The number of nitrogens with one attached hydrogen (secondary N) is 2. The molecule has 0 aromatic rings. The fraction of sp³-hybridized carbons (Fsp3) is 0.800. The zero-order valence-corrected chi connectivity index (χ0v) is 9.58. The van der Waals surface area contributed by atoms with Crippen molar-refractivity contribution in [1.82, 2.24) is 10.6 Å². The molecule has 6 nitrogen and oxygen atoms in total. The highest BCUT2D eigenvalue weighted by molar-refractivity contribution is 5.79. The molecular weight excluding hydrogens is 212 g/mol. The van der Waals surface area contributed by atoms with Gasteiger partial charge in [-0.3, -0.25) is 4.79 Å². The normalized spacial score (nSPS) is 24.4. The van der Waals surface area contributed by atoms with Gasteiger partial charge >= 0.3 is 5.97 Å². The van der Waals surface area contributed by atoms with Crippen LogP contribution in [0.3, 0.4) is 0 Å². The number of rotatable bonds is 4. The number of amides is 1. The van der Waals surface area contributed by atoms with Crippen molar-refractivity contribution in [2.45, 2.75) is 31.4 Å². The molecule has 2 atom stereocenters. The van der Waals surface area contributed by atoms with Crippen LogP contribution < -0.4 is 10.6 Å². The summed E-state index contributed by atoms with van der Waals surface area (Å²) in [6.07, 6.45) is 1.18. The third-order valence-corrected chi connectivity index (χ3v) is 2.63. The van der Waals surface area contributed by atoms with Crippen LogP contribution in [0.2, 0.25) is 0 Å². The molecule has 0 aromatic carbocycles. The van der Waals surface area contributed by atoms with E-state index in [0.717, 1.165) is 0 Å². The Morgan fingerprint density at radius 1 is 1.75 bits per heavy atom. The van der Waals surface area contributed by atoms with Crippen molar-refractivity contribution in [3.05, 3.63) is 0 Å². The van der Waals surface area contributed by atoms with Crippen LogP contribution in [0.25, 0.3) is 0 Å². The van der Waals surface area contributed by atoms with Gasteiger partial charge in [0, 0.05) is 25.6 Å². The van der Waals surface area contributed by atoms with Crippen LogP contribution in [0.1, 0.15) is 19.8 Å². The smallest absolute Gasteiger partial charge is 0.338 e. The van der Waals surface area contributed by atoms with Crippen molar-refractivity contribution >= 4 is 11.9 Å². The summed E-state index contributed by atoms with van der Waals surface area (Å²) in [4.78, 5) is 22.1. The monoisotopic (exact) mass is 230 g/mol. The Hall–Kier alpha value is -1.14. The summed E-state index contributed by atoms with van der Waals surface area (Å²) in [6, 6.07) is 0.0915. The summed E-state index contributed by atoms with van der Waals surface area (Å²) in [5.74, 6) is -0.627. The van der Waals surface area contributed by atoms with Gasteiger partial charge in [-0.05, 0) is 13.3 Å². The van der Waals surface area contributed by atoms with E-state index in [1.165, 1.54) is 14.0 Å². The maximum absolute atomic E-state index is 11.2. The molecule has 0 saturated carbocycles. The zero-order valence-electron chi connectivity index (χ0n) is 9.58. The van der Waals surface area contributed by atoms with Crippen molar-refractivity contribution in [3.63, 3.8) is 0 Å². The summed E-state index contributed by atoms with van der Waals surface area (Å²) in [5, 5.41) is 15.5. The molecule has 1 fully saturated rings. The van der Waals surface area contributed by atoms with Gasteiger partial charge in [0.2, 0.25) is 5.91 Å². The largest absolute Gasteiger partial charge is 0.467 e. The lowest BCUT2D eigenvalue weighted by molar-refractivity contribution is -0.160. The fourth-order valence-electron chi connectivity index (χ4n) is 1.54. The third-order valence-electron chi connectivity index (χ3n) is 2.63. The molecule has 1 rings (SSSR count). The standard InChI is InChI=1S/C10H18N2O4/c1-10(15,9(14)16-2)6-12-7-3-4-8(13)11-5-7/h7,12,15H,3-6H2,1-2H3,(H,11,13). The molecule has 1 heterocycles. The van der Waals surface area contributed by atoms with E-state index in [2.05, 4.69) is 15.4 Å². The van der Waals surface area contributed by atoms with E-state index in [4.69, 9.17) is 0 Å². The van der Waals surface area contributed by atoms with Crippen LogP contribution >= 0.6 is 0 Å². The van der Waals surface area contributed by atoms with Crippen molar-refractivity contribution in [1.29, 1.82) is 0 Å². The van der Waals surface area contributed by atoms with E-state index >= 15 is 0 Å². The molecule has 1 aliphatic rings. The first-order valence-corrected chi connectivity index (χ1v) is 5.26. The molecule has 1 amide bonds. The van der Waals surface area contributed by atoms with Crippen LogP contribution in [-0.4, -0.2) is 48.8 Å². The minimum absolute atomic E-state index is 0.0396. The molecule has 0 aliphatic carbocycles. The molecule has 92 valence electrons. The predicted molar refractivity (Wildman–Crippen MR) is 56.7 cm³/mol. The third kappa shape index (κ3) is 3.46. The van der Waals surface area contributed by atoms with E-state index < -0.39 is 11.6 Å². The molecule has 0 spiro atoms. The van der Waals surface area contributed by atoms with Crippen LogP contribution in [-0.2, 0) is 14.3 Å². The number of ether oxygens (including phenoxy) is 1. The quantitative estimate of drug-likeness (QED) is 0.527. The summed E-state index contributed by atoms with van der Waals surface area (Å²) in [5.41, 5.74) is -1.53. The van der Waals surface area contributed by atoms with Crippen LogP contribution in [0.15, 0.2) is 0 Å². The number of carbonyl (C=O) groups is 2. The number of hydrogen-bond acceptors (Lipinski definition) is 5. The lowest BCUT2D eigenvalue weighted by atomic mass is 10.0. The number of methoxy groups -OCH3 is 1. The SMILES string of the molecule is COC(=O)C(C)(O)CNC1CCC(=O)NC1. The molecule has 1 aliphatic heterocycles. The van der Waals surface area contributed by atoms with Crippen molar-refractivity contribution in [2.75, 3.05) is 20.2 Å². The van der Waals surface area contributed by atoms with Crippen molar-refractivity contribution in [2.24, 2.45) is 0 Å². The zero-order chi connectivity index (χ0) is 12.2. The Bertz CT molecular complexity index is 268. The lowest BCUT2D eigenvalue weighted by Gasteiger charge is -2.27. The highest BCUT2D eigenvalue weighted by Gasteiger charge is 2.32. The number of aliphatic hydroxyl groups is 1. The van der Waals surface area contributed by atoms with E-state index in [-0.39, 0.29) is 18.5 Å². The van der Waals surface area contributed by atoms with Gasteiger partial charge in [-0.25, -0.2) is 4.79 Å². The van der Waals surface area contributed by atoms with Gasteiger partial charge in [-0.2, -0.15) is 0 Å². The minimum atomic E-state index is -1.53. The van der Waals surface area contributed by atoms with E-state index in [1.807, 2.05) is 0 Å². The molecule has 0 bridgehead atoms. The molecule has 16 heavy (non-hydrogen) atoms. The summed E-state index contributed by atoms with van der Waals surface area (Å²) in [6.45, 7) is 2.03. The fourth-order valence-corrected chi connectivity index (χ4v) is 1.54. The Kier molecular flexibility index (Phi) is 4.26. The Morgan fingerprint density at radius 3 is 2.94 bits per heavy atom. The predicted octanol–water partition coefficient (Wildman–Crippen LogP) is -1.22. The van der Waals surface area contributed by atoms with Gasteiger partial charge in [-0.15, -0.1) is 0 Å². The van der Waals surface area contributed by atoms with Crippen LogP contribution in [0, 0.1) is 0 Å². The number of carbonyl (C=O) groups excluding carboxylic acids is 2. The highest BCUT2D eigenvalue weighted by atomic mass is 16.5. The number of piperidine rings is 1. The van der Waals surface area contributed by atoms with E-state index in [9.17, 15) is 14.7 Å². The van der Waals surface area contributed by atoms with Crippen LogP contribution in [0.5, 0.6) is 0 Å². The summed E-state index contributed by atoms with van der Waals surface area (Å²) in [7, 11) is 1.23. The van der Waals surface area contributed by atoms with Crippen molar-refractivity contribution in [3.8, 4) is 0 Å². The second-order valence-corrected chi connectivity index (χ2v) is 4.19. The second-order valence-electron chi connectivity index (χ2n) is 4.19. The van der Waals surface area contributed by atoms with Gasteiger partial charge in [-0.1, -0.05) is 0 Å². The first-order valence-electron chi connectivity index (χ1n) is 5.26. The molecular formula is C10H18N2O4. The molecule has 6 heteroatoms. The minimum Gasteiger partial charge on any atom is -0.467 e. The topological polar surface area (TPSA) is 87.7 Å². The average molecular weight is 230 g/mol. The highest BCUT2D eigenvalue weighted by Crippen LogP contribution is 2.07. The molecule has 3 N–H and O–H groups in total. The van der Waals surface area contributed by atoms with E-state index in [1.54, 1.807) is 0 Å². The first-order chi connectivity index (χ1) is 7.45. The Morgan fingerprint density at radius 2 is 2.44 bits per heavy atom. The van der Waals surface area contributed by atoms with Crippen LogP contribution in [0.4, 0.5) is 0 Å². The number of hydrogen-bond donors (Lipinski definition) is 3. The lowest BCUT2D eigenvalue weighted by Crippen LogP contribution is -2.52. The van der Waals surface area contributed by atoms with E-state index in [0.29, 0.717) is 19.4 Å². The average Bonchev–Trinajstić information content (AvgIpc) is 2.27. The summed E-state index contributed by atoms with van der Waals surface area (Å²) < 4.78 is 4.47. The molecule has 0 aromatic heterocycles. The van der Waals surface area contributed by atoms with Gasteiger partial charge in [0.15, 0.2) is 5.60 Å². The van der Waals surface area contributed by atoms with Gasteiger partial charge in [0.25, 0.3) is 0 Å². The Balaban J connectivity index is 2.34. The summed E-state index contributed by atoms with van der Waals surface area (Å²) >= 11 is 0.